The van der Waals surface area contributed by atoms with Crippen LogP contribution < -0.4 is 9.80 Å². The largest absolute Gasteiger partial charge is 0.370 e. The second-order valence-electron chi connectivity index (χ2n) is 18.8. The molecule has 0 amide bonds. The van der Waals surface area contributed by atoms with Crippen LogP contribution in [0.15, 0.2) is 71.8 Å². The van der Waals surface area contributed by atoms with Crippen LogP contribution >= 0.6 is 0 Å². The number of hydrogen-bond acceptors (Lipinski definition) is 4. The summed E-state index contributed by atoms with van der Waals surface area (Å²) in [4.78, 5) is 5.33. The van der Waals surface area contributed by atoms with Gasteiger partial charge >= 0.3 is 0 Å². The third-order valence-corrected chi connectivity index (χ3v) is 17.8. The van der Waals surface area contributed by atoms with E-state index in [9.17, 15) is 10.2 Å². The molecule has 12 rings (SSSR count). The van der Waals surface area contributed by atoms with Crippen LogP contribution in [0.3, 0.4) is 0 Å². The Balaban J connectivity index is 1.20. The molecule has 8 fully saturated rings. The Labute approximate surface area is 285 Å². The minimum Gasteiger partial charge on any atom is -0.370 e. The summed E-state index contributed by atoms with van der Waals surface area (Å²) in [7, 11) is 5.01. The highest BCUT2D eigenvalue weighted by Crippen LogP contribution is 2.78. The summed E-state index contributed by atoms with van der Waals surface area (Å²) >= 11 is 0. The Morgan fingerprint density at radius 3 is 1.50 bits per heavy atom. The molecule has 6 nitrogen and oxygen atoms in total. The van der Waals surface area contributed by atoms with Gasteiger partial charge in [0.15, 0.2) is 11.4 Å². The zero-order valence-corrected chi connectivity index (χ0v) is 29.1. The number of para-hydroxylation sites is 2. The van der Waals surface area contributed by atoms with E-state index in [1.54, 1.807) is 11.1 Å². The summed E-state index contributed by atoms with van der Waals surface area (Å²) < 4.78 is 2.15. The number of anilines is 2. The predicted molar refractivity (Wildman–Crippen MR) is 187 cm³/mol. The Bertz CT molecular complexity index is 1770. The lowest BCUT2D eigenvalue weighted by Gasteiger charge is -2.68. The van der Waals surface area contributed by atoms with E-state index in [-0.39, 0.29) is 34.7 Å². The summed E-state index contributed by atoms with van der Waals surface area (Å²) in [5, 5.41) is 28.7. The number of rotatable bonds is 0. The van der Waals surface area contributed by atoms with Gasteiger partial charge in [-0.25, -0.2) is 0 Å². The maximum atomic E-state index is 14.4. The molecule has 0 unspecified atom stereocenters. The minimum atomic E-state index is -0.961. The van der Waals surface area contributed by atoms with Crippen LogP contribution in [0.2, 0.25) is 0 Å². The van der Waals surface area contributed by atoms with Gasteiger partial charge in [0.1, 0.15) is 25.2 Å². The van der Waals surface area contributed by atoms with Gasteiger partial charge < -0.3 is 29.0 Å². The SMILES string of the molecule is C/C=C1/C[N@@+]2(C)CC[C@@]34Cc5ccccc5N5[C@H]6[C@@H]([C@@H]([C@H]1C[C@@H]32)[C@]54O)N1c2ccccc2C[C@]23CC[N@+]4(C)C/C(=C/C)[C@H](C[C@@H]24)[C@H]6[C@]13O. The van der Waals surface area contributed by atoms with Crippen molar-refractivity contribution in [1.29, 1.82) is 0 Å². The summed E-state index contributed by atoms with van der Waals surface area (Å²) in [5.41, 5.74) is 6.16. The van der Waals surface area contributed by atoms with E-state index in [0.717, 1.165) is 73.7 Å². The van der Waals surface area contributed by atoms with Crippen LogP contribution in [-0.2, 0) is 12.8 Å². The van der Waals surface area contributed by atoms with Gasteiger partial charge in [-0.3, -0.25) is 0 Å². The Hall–Kier alpha value is -2.64. The Kier molecular flexibility index (Phi) is 4.75. The fraction of sp³-hybridized carbons (Fsp3) is 0.619. The van der Waals surface area contributed by atoms with Gasteiger partial charge in [-0.15, -0.1) is 0 Å². The molecule has 250 valence electrons. The summed E-state index contributed by atoms with van der Waals surface area (Å²) in [5.74, 6) is 0.728. The lowest BCUT2D eigenvalue weighted by atomic mass is 9.50. The number of piperidine rings is 2. The van der Waals surface area contributed by atoms with Crippen LogP contribution in [0, 0.1) is 34.5 Å². The standard InChI is InChI=1S/C42H52N4O2/c1-5-25-23-45(3)17-15-39-21-27-11-8-10-14-32(27)44-38-36-30-20-34-40(16-18-46(34,4)24-26(30)6-2)22-28-12-7-9-13-31(28)43(42(36,40)48)37(38)35(41(39,44)47)29(25)19-33(39)45/h5-14,29-30,33-38,47-48H,15-24H2,1-4H3/q+2/b25-5-,26-6-/t29-,30-,33-,34-,35+,36+,37+,38+,39+,40+,41+,42+,45+,46+/m0/s1. The van der Waals surface area contributed by atoms with E-state index in [1.165, 1.54) is 22.5 Å². The van der Waals surface area contributed by atoms with Crippen LogP contribution in [0.1, 0.15) is 50.7 Å². The van der Waals surface area contributed by atoms with Crippen molar-refractivity contribution < 1.29 is 19.2 Å². The van der Waals surface area contributed by atoms with Gasteiger partial charge in [-0.1, -0.05) is 48.6 Å². The van der Waals surface area contributed by atoms with Gasteiger partial charge in [-0.05, 0) is 61.1 Å². The van der Waals surface area contributed by atoms with E-state index in [0.29, 0.717) is 23.9 Å². The van der Waals surface area contributed by atoms with Crippen LogP contribution in [0.25, 0.3) is 0 Å². The van der Waals surface area contributed by atoms with Crippen LogP contribution in [-0.4, -0.2) is 95.1 Å². The third kappa shape index (κ3) is 2.53. The highest BCUT2D eigenvalue weighted by atomic mass is 16.3. The number of hydrogen-bond donors (Lipinski definition) is 2. The average molecular weight is 645 g/mol. The molecule has 4 bridgehead atoms. The number of quaternary nitrogens is 2. The molecule has 2 spiro atoms. The van der Waals surface area contributed by atoms with Crippen molar-refractivity contribution in [1.82, 2.24) is 0 Å². The first-order valence-electron chi connectivity index (χ1n) is 19.3. The highest BCUT2D eigenvalue weighted by molar-refractivity contribution is 5.71. The lowest BCUT2D eigenvalue weighted by Crippen LogP contribution is -2.80. The molecule has 6 heteroatoms. The average Bonchev–Trinajstić information content (AvgIpc) is 3.74. The lowest BCUT2D eigenvalue weighted by molar-refractivity contribution is -0.927. The van der Waals surface area contributed by atoms with Crippen molar-refractivity contribution in [3.8, 4) is 0 Å². The molecule has 6 saturated heterocycles. The van der Waals surface area contributed by atoms with Crippen molar-refractivity contribution in [3.63, 3.8) is 0 Å². The van der Waals surface area contributed by atoms with Gasteiger partial charge in [0.25, 0.3) is 0 Å². The first kappa shape index (κ1) is 28.1. The summed E-state index contributed by atoms with van der Waals surface area (Å²) in [6, 6.07) is 19.3. The van der Waals surface area contributed by atoms with Crippen molar-refractivity contribution >= 4 is 11.4 Å². The predicted octanol–water partition coefficient (Wildman–Crippen LogP) is 4.86. The maximum absolute atomic E-state index is 14.4. The van der Waals surface area contributed by atoms with Crippen molar-refractivity contribution in [2.45, 2.75) is 88.0 Å². The van der Waals surface area contributed by atoms with Gasteiger partial charge in [-0.2, -0.15) is 0 Å². The first-order valence-corrected chi connectivity index (χ1v) is 19.3. The molecule has 0 radical (unpaired) electrons. The zero-order valence-electron chi connectivity index (χ0n) is 29.1. The first-order chi connectivity index (χ1) is 23.1. The highest BCUT2D eigenvalue weighted by Gasteiger charge is 2.89. The van der Waals surface area contributed by atoms with Crippen molar-refractivity contribution in [3.05, 3.63) is 83.0 Å². The smallest absolute Gasteiger partial charge is 0.155 e. The van der Waals surface area contributed by atoms with Crippen molar-refractivity contribution in [2.75, 3.05) is 50.1 Å². The molecule has 2 N–H and O–H groups in total. The van der Waals surface area contributed by atoms with Gasteiger partial charge in [0, 0.05) is 60.7 Å². The molecule has 48 heavy (non-hydrogen) atoms. The number of benzene rings is 2. The molecule has 0 aromatic heterocycles. The molecular weight excluding hydrogens is 592 g/mol. The number of nitrogens with zero attached hydrogens (tertiary/aromatic N) is 4. The number of likely N-dealkylation sites (N-methyl/N-ethyl adjacent to an activating group) is 2. The molecule has 8 heterocycles. The van der Waals surface area contributed by atoms with E-state index in [2.05, 4.69) is 98.4 Å². The normalized spacial score (nSPS) is 55.4. The second-order valence-corrected chi connectivity index (χ2v) is 18.8. The Morgan fingerprint density at radius 1 is 0.667 bits per heavy atom. The fourth-order valence-corrected chi connectivity index (χ4v) is 16.5. The summed E-state index contributed by atoms with van der Waals surface area (Å²) in [6.07, 6.45) is 11.3. The zero-order chi connectivity index (χ0) is 32.4. The van der Waals surface area contributed by atoms with Crippen LogP contribution in [0.4, 0.5) is 11.4 Å². The maximum Gasteiger partial charge on any atom is 0.155 e. The second kappa shape index (κ2) is 8.12. The molecular formula is C42H52N4O2+2. The molecule has 2 aliphatic carbocycles. The molecule has 8 aliphatic heterocycles. The number of allylic oxidation sites excluding steroid dienone is 2. The topological polar surface area (TPSA) is 46.9 Å². The van der Waals surface area contributed by atoms with E-state index in [4.69, 9.17) is 0 Å². The van der Waals surface area contributed by atoms with E-state index in [1.807, 2.05) is 0 Å². The van der Waals surface area contributed by atoms with E-state index >= 15 is 0 Å². The number of aliphatic hydroxyl groups is 2. The summed E-state index contributed by atoms with van der Waals surface area (Å²) in [6.45, 7) is 9.02. The molecule has 2 saturated carbocycles. The fourth-order valence-electron chi connectivity index (χ4n) is 16.5. The van der Waals surface area contributed by atoms with Crippen LogP contribution in [0.5, 0.6) is 0 Å². The molecule has 14 atom stereocenters. The van der Waals surface area contributed by atoms with Gasteiger partial charge in [0.2, 0.25) is 0 Å². The Morgan fingerprint density at radius 2 is 1.08 bits per heavy atom. The monoisotopic (exact) mass is 644 g/mol. The quantitative estimate of drug-likeness (QED) is 0.318. The molecule has 10 aliphatic rings. The minimum absolute atomic E-state index is 0.0409. The van der Waals surface area contributed by atoms with E-state index < -0.39 is 11.4 Å². The van der Waals surface area contributed by atoms with Crippen molar-refractivity contribution in [2.24, 2.45) is 34.5 Å². The molecule has 2 aromatic rings. The number of fused-ring (bicyclic) bond motifs is 13. The third-order valence-electron chi connectivity index (χ3n) is 17.8. The molecule has 2 aromatic carbocycles. The van der Waals surface area contributed by atoms with Gasteiger partial charge in [0.05, 0.1) is 50.1 Å².